The number of phenols is 1. The number of hydrogen-bond acceptors (Lipinski definition) is 4. The average molecular weight is 289 g/mol. The number of nitrogens with zero attached hydrogens (tertiary/aromatic N) is 1. The van der Waals surface area contributed by atoms with E-state index in [4.69, 9.17) is 0 Å². The van der Waals surface area contributed by atoms with Gasteiger partial charge in [0, 0.05) is 23.8 Å². The second-order valence-corrected chi connectivity index (χ2v) is 5.33. The molecule has 5 N–H and O–H groups in total. The highest BCUT2D eigenvalue weighted by molar-refractivity contribution is 5.96. The molecule has 0 aliphatic heterocycles. The standard InChI is InChI=1S/C17H24N2O.H3N/c1-3-4-5-6-7-10-18-16-13(2)12-15(20)17-14(16)9-8-11-19-17;/h8-9,11-12,18,20H,3-7,10H2,1-2H3;1H3. The van der Waals surface area contributed by atoms with Gasteiger partial charge in [0.2, 0.25) is 0 Å². The molecule has 0 saturated carbocycles. The molecule has 0 spiro atoms. The van der Waals surface area contributed by atoms with E-state index in [1.54, 1.807) is 12.3 Å². The second kappa shape index (κ2) is 8.47. The summed E-state index contributed by atoms with van der Waals surface area (Å²) in [6.07, 6.45) is 8.09. The van der Waals surface area contributed by atoms with Crippen molar-refractivity contribution < 1.29 is 5.11 Å². The third-order valence-electron chi connectivity index (χ3n) is 3.65. The minimum absolute atomic E-state index is 0. The molecule has 0 unspecified atom stereocenters. The lowest BCUT2D eigenvalue weighted by atomic mass is 10.1. The first-order valence-corrected chi connectivity index (χ1v) is 7.55. The normalized spacial score (nSPS) is 10.4. The number of hydrogen-bond donors (Lipinski definition) is 3. The van der Waals surface area contributed by atoms with Gasteiger partial charge in [-0.1, -0.05) is 32.6 Å². The van der Waals surface area contributed by atoms with Gasteiger partial charge >= 0.3 is 0 Å². The van der Waals surface area contributed by atoms with Gasteiger partial charge in [0.25, 0.3) is 0 Å². The molecule has 4 nitrogen and oxygen atoms in total. The molecule has 116 valence electrons. The number of aromatic hydroxyl groups is 1. The van der Waals surface area contributed by atoms with E-state index in [-0.39, 0.29) is 11.9 Å². The minimum atomic E-state index is 0. The van der Waals surface area contributed by atoms with Crippen LogP contribution in [0.4, 0.5) is 5.69 Å². The van der Waals surface area contributed by atoms with Crippen LogP contribution in [0.25, 0.3) is 10.9 Å². The van der Waals surface area contributed by atoms with E-state index in [9.17, 15) is 5.11 Å². The van der Waals surface area contributed by atoms with Gasteiger partial charge in [-0.05, 0) is 37.1 Å². The Hall–Kier alpha value is -1.81. The lowest BCUT2D eigenvalue weighted by molar-refractivity contribution is 0.480. The number of unbranched alkanes of at least 4 members (excludes halogenated alkanes) is 4. The molecule has 0 aliphatic carbocycles. The summed E-state index contributed by atoms with van der Waals surface area (Å²) in [6.45, 7) is 5.22. The zero-order chi connectivity index (χ0) is 14.4. The fraction of sp³-hybridized carbons (Fsp3) is 0.471. The van der Waals surface area contributed by atoms with Crippen LogP contribution in [0.2, 0.25) is 0 Å². The monoisotopic (exact) mass is 289 g/mol. The predicted octanol–water partition coefficient (Wildman–Crippen LogP) is 4.79. The third-order valence-corrected chi connectivity index (χ3v) is 3.65. The maximum Gasteiger partial charge on any atom is 0.142 e. The molecule has 21 heavy (non-hydrogen) atoms. The largest absolute Gasteiger partial charge is 0.506 e. The number of phenolic OH excluding ortho intramolecular Hbond substituents is 1. The maximum absolute atomic E-state index is 9.95. The second-order valence-electron chi connectivity index (χ2n) is 5.33. The number of aromatic nitrogens is 1. The number of benzene rings is 1. The van der Waals surface area contributed by atoms with Crippen LogP contribution in [-0.2, 0) is 0 Å². The van der Waals surface area contributed by atoms with Gasteiger partial charge in [-0.15, -0.1) is 0 Å². The molecular formula is C17H27N3O. The average Bonchev–Trinajstić information content (AvgIpc) is 2.45. The smallest absolute Gasteiger partial charge is 0.142 e. The summed E-state index contributed by atoms with van der Waals surface area (Å²) in [5, 5.41) is 14.5. The molecule has 2 rings (SSSR count). The molecular weight excluding hydrogens is 262 g/mol. The third kappa shape index (κ3) is 4.33. The SMILES string of the molecule is CCCCCCCNc1c(C)cc(O)c2ncccc12.N. The van der Waals surface area contributed by atoms with Crippen LogP contribution in [0.15, 0.2) is 24.4 Å². The molecule has 1 aromatic carbocycles. The zero-order valence-corrected chi connectivity index (χ0v) is 13.2. The summed E-state index contributed by atoms with van der Waals surface area (Å²) in [5.74, 6) is 0.256. The van der Waals surface area contributed by atoms with E-state index in [2.05, 4.69) is 17.2 Å². The zero-order valence-electron chi connectivity index (χ0n) is 13.2. The van der Waals surface area contributed by atoms with Gasteiger partial charge in [-0.25, -0.2) is 0 Å². The van der Waals surface area contributed by atoms with Gasteiger partial charge in [-0.3, -0.25) is 4.98 Å². The first kappa shape index (κ1) is 17.2. The lowest BCUT2D eigenvalue weighted by Gasteiger charge is -2.13. The first-order valence-electron chi connectivity index (χ1n) is 7.55. The Kier molecular flexibility index (Phi) is 6.96. The number of nitrogens with one attached hydrogen (secondary N) is 1. The van der Waals surface area contributed by atoms with Crippen molar-refractivity contribution >= 4 is 16.6 Å². The van der Waals surface area contributed by atoms with Crippen molar-refractivity contribution in [3.63, 3.8) is 0 Å². The Morgan fingerprint density at radius 3 is 2.71 bits per heavy atom. The molecule has 0 fully saturated rings. The van der Waals surface area contributed by atoms with Crippen LogP contribution >= 0.6 is 0 Å². The molecule has 0 aliphatic rings. The van der Waals surface area contributed by atoms with Gasteiger partial charge in [0.05, 0.1) is 0 Å². The highest BCUT2D eigenvalue weighted by Gasteiger charge is 2.09. The molecule has 4 heteroatoms. The first-order chi connectivity index (χ1) is 9.74. The Morgan fingerprint density at radius 2 is 1.95 bits per heavy atom. The fourth-order valence-corrected chi connectivity index (χ4v) is 2.55. The Bertz CT molecular complexity index is 569. The molecule has 1 heterocycles. The van der Waals surface area contributed by atoms with Crippen LogP contribution in [0, 0.1) is 6.92 Å². The van der Waals surface area contributed by atoms with E-state index in [1.165, 1.54) is 32.1 Å². The van der Waals surface area contributed by atoms with Crippen LogP contribution in [-0.4, -0.2) is 16.6 Å². The van der Waals surface area contributed by atoms with E-state index in [0.29, 0.717) is 5.52 Å². The molecule has 2 aromatic rings. The molecule has 0 bridgehead atoms. The van der Waals surface area contributed by atoms with Crippen LogP contribution in [0.1, 0.15) is 44.6 Å². The number of aryl methyl sites for hydroxylation is 1. The summed E-state index contributed by atoms with van der Waals surface area (Å²) in [4.78, 5) is 4.26. The maximum atomic E-state index is 9.95. The topological polar surface area (TPSA) is 80.2 Å². The molecule has 1 aromatic heterocycles. The summed E-state index contributed by atoms with van der Waals surface area (Å²) in [7, 11) is 0. The number of pyridine rings is 1. The fourth-order valence-electron chi connectivity index (χ4n) is 2.55. The summed E-state index contributed by atoms with van der Waals surface area (Å²) >= 11 is 0. The van der Waals surface area contributed by atoms with Gasteiger partial charge < -0.3 is 16.6 Å². The quantitative estimate of drug-likeness (QED) is 0.505. The Balaban J connectivity index is 0.00000220. The van der Waals surface area contributed by atoms with Gasteiger partial charge in [0.1, 0.15) is 11.3 Å². The number of anilines is 1. The van der Waals surface area contributed by atoms with Crippen molar-refractivity contribution in [3.05, 3.63) is 30.0 Å². The van der Waals surface area contributed by atoms with E-state index >= 15 is 0 Å². The lowest BCUT2D eigenvalue weighted by Crippen LogP contribution is -2.04. The van der Waals surface area contributed by atoms with Gasteiger partial charge in [-0.2, -0.15) is 0 Å². The molecule has 0 amide bonds. The Morgan fingerprint density at radius 1 is 1.19 bits per heavy atom. The highest BCUT2D eigenvalue weighted by Crippen LogP contribution is 2.32. The number of rotatable bonds is 7. The number of fused-ring (bicyclic) bond motifs is 1. The van der Waals surface area contributed by atoms with Crippen molar-refractivity contribution in [2.24, 2.45) is 0 Å². The van der Waals surface area contributed by atoms with Crippen molar-refractivity contribution in [2.45, 2.75) is 46.0 Å². The van der Waals surface area contributed by atoms with Crippen molar-refractivity contribution in [1.82, 2.24) is 11.1 Å². The van der Waals surface area contributed by atoms with Crippen molar-refractivity contribution in [3.8, 4) is 5.75 Å². The van der Waals surface area contributed by atoms with E-state index in [0.717, 1.165) is 23.2 Å². The summed E-state index contributed by atoms with van der Waals surface area (Å²) < 4.78 is 0. The Labute approximate surface area is 127 Å². The molecule has 0 atom stereocenters. The van der Waals surface area contributed by atoms with Crippen molar-refractivity contribution in [2.75, 3.05) is 11.9 Å². The molecule has 0 saturated heterocycles. The summed E-state index contributed by atoms with van der Waals surface area (Å²) in [6, 6.07) is 5.71. The van der Waals surface area contributed by atoms with Crippen LogP contribution in [0.5, 0.6) is 5.75 Å². The highest BCUT2D eigenvalue weighted by atomic mass is 16.3. The van der Waals surface area contributed by atoms with Crippen LogP contribution < -0.4 is 11.5 Å². The minimum Gasteiger partial charge on any atom is -0.506 e. The molecule has 0 radical (unpaired) electrons. The predicted molar refractivity (Wildman–Crippen MR) is 90.4 cm³/mol. The van der Waals surface area contributed by atoms with E-state index in [1.807, 2.05) is 19.1 Å². The van der Waals surface area contributed by atoms with Crippen molar-refractivity contribution in [1.29, 1.82) is 0 Å². The van der Waals surface area contributed by atoms with E-state index < -0.39 is 0 Å². The van der Waals surface area contributed by atoms with Crippen LogP contribution in [0.3, 0.4) is 0 Å². The van der Waals surface area contributed by atoms with Gasteiger partial charge in [0.15, 0.2) is 0 Å². The summed E-state index contributed by atoms with van der Waals surface area (Å²) in [5.41, 5.74) is 2.84.